The molecule has 1 N–H and O–H groups in total. The van der Waals surface area contributed by atoms with Gasteiger partial charge in [0.2, 0.25) is 0 Å². The van der Waals surface area contributed by atoms with Crippen molar-refractivity contribution < 1.29 is 23.1 Å². The lowest BCUT2D eigenvalue weighted by molar-refractivity contribution is -0.212. The van der Waals surface area contributed by atoms with Crippen molar-refractivity contribution in [3.05, 3.63) is 11.8 Å². The zero-order chi connectivity index (χ0) is 14.1. The Bertz CT molecular complexity index is 320. The van der Waals surface area contributed by atoms with Crippen LogP contribution < -0.4 is 0 Å². The van der Waals surface area contributed by atoms with Gasteiger partial charge >= 0.3 is 6.18 Å². The van der Waals surface area contributed by atoms with E-state index in [0.29, 0.717) is 0 Å². The molecule has 0 saturated carbocycles. The number of alkyl halides is 3. The predicted octanol–water partition coefficient (Wildman–Crippen LogP) is 4.02. The molecule has 0 unspecified atom stereocenters. The summed E-state index contributed by atoms with van der Waals surface area (Å²) in [5.41, 5.74) is -2.73. The van der Waals surface area contributed by atoms with E-state index in [9.17, 15) is 23.1 Å². The molecule has 17 heavy (non-hydrogen) atoms. The van der Waals surface area contributed by atoms with E-state index in [0.717, 1.165) is 19.9 Å². The second kappa shape index (κ2) is 4.70. The van der Waals surface area contributed by atoms with Gasteiger partial charge in [-0.15, -0.1) is 0 Å². The minimum absolute atomic E-state index is 0.208. The highest BCUT2D eigenvalue weighted by Crippen LogP contribution is 2.40. The van der Waals surface area contributed by atoms with Gasteiger partial charge in [-0.25, -0.2) is 0 Å². The third-order valence-electron chi connectivity index (χ3n) is 2.45. The molecule has 0 heterocycles. The number of rotatable bonds is 3. The largest absolute Gasteiger partial charge is 0.512 e. The quantitative estimate of drug-likeness (QED) is 0.608. The topological polar surface area (TPSA) is 37.3 Å². The van der Waals surface area contributed by atoms with Crippen molar-refractivity contribution in [2.24, 2.45) is 10.8 Å². The van der Waals surface area contributed by atoms with Crippen molar-refractivity contribution in [3.63, 3.8) is 0 Å². The number of hydrogen-bond donors (Lipinski definition) is 1. The number of aliphatic hydroxyl groups is 1. The van der Waals surface area contributed by atoms with Crippen LogP contribution in [0.15, 0.2) is 11.8 Å². The van der Waals surface area contributed by atoms with Crippen molar-refractivity contribution in [2.45, 2.75) is 47.2 Å². The standard InChI is InChI=1S/C12H19F3O2/c1-10(2,3)9(17)6-8(16)7-11(4,5)12(13,14)15/h6,17H,7H2,1-5H3. The number of hydrogen-bond acceptors (Lipinski definition) is 2. The number of ketones is 1. The summed E-state index contributed by atoms with van der Waals surface area (Å²) in [5, 5.41) is 9.51. The van der Waals surface area contributed by atoms with Crippen LogP contribution in [0.5, 0.6) is 0 Å². The summed E-state index contributed by atoms with van der Waals surface area (Å²) in [6, 6.07) is 0. The van der Waals surface area contributed by atoms with E-state index in [1.165, 1.54) is 0 Å². The highest BCUT2D eigenvalue weighted by atomic mass is 19.4. The Morgan fingerprint density at radius 3 is 1.82 bits per heavy atom. The second-order valence-corrected chi connectivity index (χ2v) is 5.80. The van der Waals surface area contributed by atoms with Gasteiger partial charge in [-0.3, -0.25) is 4.79 Å². The lowest BCUT2D eigenvalue weighted by atomic mass is 9.85. The fraction of sp³-hybridized carbons (Fsp3) is 0.750. The third kappa shape index (κ3) is 4.79. The molecule has 0 atom stereocenters. The van der Waals surface area contributed by atoms with Crippen molar-refractivity contribution >= 4 is 5.78 Å². The van der Waals surface area contributed by atoms with E-state index in [2.05, 4.69) is 0 Å². The summed E-state index contributed by atoms with van der Waals surface area (Å²) in [6.45, 7) is 6.93. The fourth-order valence-electron chi connectivity index (χ4n) is 0.956. The molecular weight excluding hydrogens is 233 g/mol. The summed E-state index contributed by atoms with van der Waals surface area (Å²) >= 11 is 0. The van der Waals surface area contributed by atoms with Crippen molar-refractivity contribution in [1.29, 1.82) is 0 Å². The fourth-order valence-corrected chi connectivity index (χ4v) is 0.956. The van der Waals surface area contributed by atoms with E-state index in [4.69, 9.17) is 0 Å². The predicted molar refractivity (Wildman–Crippen MR) is 59.6 cm³/mol. The maximum Gasteiger partial charge on any atom is 0.394 e. The van der Waals surface area contributed by atoms with Crippen LogP contribution in [0.25, 0.3) is 0 Å². The van der Waals surface area contributed by atoms with Gasteiger partial charge in [0.15, 0.2) is 5.78 Å². The average molecular weight is 252 g/mol. The molecule has 0 aliphatic rings. The van der Waals surface area contributed by atoms with Crippen LogP contribution in [-0.4, -0.2) is 17.1 Å². The first-order chi connectivity index (χ1) is 7.27. The molecule has 0 aliphatic carbocycles. The summed E-state index contributed by atoms with van der Waals surface area (Å²) < 4.78 is 37.6. The molecular formula is C12H19F3O2. The number of carbonyl (C=O) groups excluding carboxylic acids is 1. The van der Waals surface area contributed by atoms with Crippen LogP contribution >= 0.6 is 0 Å². The van der Waals surface area contributed by atoms with Crippen molar-refractivity contribution in [2.75, 3.05) is 0 Å². The Morgan fingerprint density at radius 1 is 1.12 bits per heavy atom. The summed E-state index contributed by atoms with van der Waals surface area (Å²) in [4.78, 5) is 11.4. The van der Waals surface area contributed by atoms with Gasteiger partial charge in [0.05, 0.1) is 5.41 Å². The van der Waals surface area contributed by atoms with Crippen LogP contribution in [0.4, 0.5) is 13.2 Å². The van der Waals surface area contributed by atoms with E-state index in [1.807, 2.05) is 0 Å². The Hall–Kier alpha value is -1.00. The van der Waals surface area contributed by atoms with Crippen LogP contribution in [0.2, 0.25) is 0 Å². The van der Waals surface area contributed by atoms with Gasteiger partial charge in [-0.1, -0.05) is 34.6 Å². The lowest BCUT2D eigenvalue weighted by Gasteiger charge is -2.26. The third-order valence-corrected chi connectivity index (χ3v) is 2.45. The first-order valence-corrected chi connectivity index (χ1v) is 5.28. The van der Waals surface area contributed by atoms with Gasteiger partial charge in [-0.2, -0.15) is 13.2 Å². The number of allylic oxidation sites excluding steroid dienone is 2. The molecule has 0 radical (unpaired) electrons. The van der Waals surface area contributed by atoms with Crippen LogP contribution in [0.1, 0.15) is 41.0 Å². The smallest absolute Gasteiger partial charge is 0.394 e. The van der Waals surface area contributed by atoms with Gasteiger partial charge < -0.3 is 5.11 Å². The highest BCUT2D eigenvalue weighted by molar-refractivity contribution is 5.90. The molecule has 0 rings (SSSR count). The molecule has 0 amide bonds. The van der Waals surface area contributed by atoms with E-state index in [1.54, 1.807) is 20.8 Å². The molecule has 0 saturated heterocycles. The summed E-state index contributed by atoms with van der Waals surface area (Å²) in [6.07, 6.45) is -4.22. The van der Waals surface area contributed by atoms with E-state index in [-0.39, 0.29) is 5.76 Å². The average Bonchev–Trinajstić information content (AvgIpc) is 1.97. The number of aliphatic hydroxyl groups excluding tert-OH is 1. The van der Waals surface area contributed by atoms with Crippen LogP contribution in [-0.2, 0) is 4.79 Å². The van der Waals surface area contributed by atoms with Gasteiger partial charge in [0, 0.05) is 17.9 Å². The maximum atomic E-state index is 12.5. The molecule has 0 fully saturated rings. The van der Waals surface area contributed by atoms with Gasteiger partial charge in [0.1, 0.15) is 5.76 Å². The van der Waals surface area contributed by atoms with Crippen molar-refractivity contribution in [3.8, 4) is 0 Å². The number of halogens is 3. The molecule has 0 aromatic rings. The molecule has 5 heteroatoms. The summed E-state index contributed by atoms with van der Waals surface area (Å²) in [5.74, 6) is -0.930. The maximum absolute atomic E-state index is 12.5. The Morgan fingerprint density at radius 2 is 1.53 bits per heavy atom. The molecule has 0 aromatic carbocycles. The molecule has 100 valence electrons. The normalized spacial score (nSPS) is 14.9. The van der Waals surface area contributed by atoms with E-state index < -0.39 is 29.2 Å². The van der Waals surface area contributed by atoms with E-state index >= 15 is 0 Å². The van der Waals surface area contributed by atoms with Gasteiger partial charge in [0.25, 0.3) is 0 Å². The SMILES string of the molecule is CC(C)(C)C(O)=CC(=O)CC(C)(C)C(F)(F)F. The van der Waals surface area contributed by atoms with Crippen molar-refractivity contribution in [1.82, 2.24) is 0 Å². The molecule has 2 nitrogen and oxygen atoms in total. The molecule has 0 bridgehead atoms. The second-order valence-electron chi connectivity index (χ2n) is 5.80. The van der Waals surface area contributed by atoms with Crippen LogP contribution in [0, 0.1) is 10.8 Å². The minimum Gasteiger partial charge on any atom is -0.512 e. The summed E-state index contributed by atoms with van der Waals surface area (Å²) in [7, 11) is 0. The Labute approximate surface area is 99.5 Å². The van der Waals surface area contributed by atoms with Gasteiger partial charge in [-0.05, 0) is 0 Å². The highest BCUT2D eigenvalue weighted by Gasteiger charge is 2.48. The Kier molecular flexibility index (Phi) is 4.43. The zero-order valence-corrected chi connectivity index (χ0v) is 10.8. The molecule has 0 spiro atoms. The molecule has 0 aromatic heterocycles. The lowest BCUT2D eigenvalue weighted by Crippen LogP contribution is -2.34. The number of carbonyl (C=O) groups is 1. The monoisotopic (exact) mass is 252 g/mol. The van der Waals surface area contributed by atoms with Crippen LogP contribution in [0.3, 0.4) is 0 Å². The Balaban J connectivity index is 4.81. The first-order valence-electron chi connectivity index (χ1n) is 5.28. The minimum atomic E-state index is -4.44. The zero-order valence-electron chi connectivity index (χ0n) is 10.8. The molecule has 0 aliphatic heterocycles. The first kappa shape index (κ1) is 16.0.